The lowest BCUT2D eigenvalue weighted by Gasteiger charge is -2.35. The van der Waals surface area contributed by atoms with Crippen molar-refractivity contribution in [1.29, 1.82) is 0 Å². The Balaban J connectivity index is 1.24. The van der Waals surface area contributed by atoms with Gasteiger partial charge >= 0.3 is 0 Å². The Morgan fingerprint density at radius 1 is 1.12 bits per heavy atom. The molecule has 1 aliphatic heterocycles. The van der Waals surface area contributed by atoms with Crippen LogP contribution in [0.5, 0.6) is 0 Å². The van der Waals surface area contributed by atoms with Crippen molar-refractivity contribution in [3.63, 3.8) is 0 Å². The summed E-state index contributed by atoms with van der Waals surface area (Å²) in [5.41, 5.74) is 4.74. The maximum atomic E-state index is 13.1. The van der Waals surface area contributed by atoms with E-state index in [2.05, 4.69) is 22.1 Å². The van der Waals surface area contributed by atoms with Gasteiger partial charge in [-0.15, -0.1) is 0 Å². The molecule has 0 N–H and O–H groups in total. The highest BCUT2D eigenvalue weighted by Crippen LogP contribution is 2.33. The third-order valence-corrected chi connectivity index (χ3v) is 6.96. The van der Waals surface area contributed by atoms with Gasteiger partial charge in [-0.2, -0.15) is 5.10 Å². The van der Waals surface area contributed by atoms with Crippen molar-refractivity contribution in [3.8, 4) is 11.4 Å². The van der Waals surface area contributed by atoms with Crippen molar-refractivity contribution in [3.05, 3.63) is 59.5 Å². The van der Waals surface area contributed by atoms with Gasteiger partial charge in [-0.1, -0.05) is 30.3 Å². The van der Waals surface area contributed by atoms with Crippen LogP contribution in [0.15, 0.2) is 42.7 Å². The van der Waals surface area contributed by atoms with E-state index in [1.54, 1.807) is 4.68 Å². The number of likely N-dealkylation sites (N-methyl/N-ethyl adjacent to an activating group) is 1. The number of rotatable bonds is 6. The van der Waals surface area contributed by atoms with Crippen LogP contribution in [0.1, 0.15) is 36.1 Å². The van der Waals surface area contributed by atoms with Crippen LogP contribution in [0.3, 0.4) is 0 Å². The number of carbonyl (C=O) groups is 1. The minimum atomic E-state index is 0.0867. The van der Waals surface area contributed by atoms with Gasteiger partial charge in [0.1, 0.15) is 5.82 Å². The molecule has 2 aliphatic rings. The fourth-order valence-corrected chi connectivity index (χ4v) is 5.05. The number of aromatic nitrogens is 4. The molecule has 2 aromatic heterocycles. The van der Waals surface area contributed by atoms with Gasteiger partial charge in [-0.3, -0.25) is 9.48 Å². The second kappa shape index (κ2) is 9.33. The Kier molecular flexibility index (Phi) is 6.11. The quantitative estimate of drug-likeness (QED) is 0.584. The van der Waals surface area contributed by atoms with Gasteiger partial charge < -0.3 is 9.80 Å². The lowest BCUT2D eigenvalue weighted by molar-refractivity contribution is -0.134. The smallest absolute Gasteiger partial charge is 0.225 e. The molecule has 5 rings (SSSR count). The van der Waals surface area contributed by atoms with Crippen LogP contribution in [0.25, 0.3) is 11.4 Å². The zero-order chi connectivity index (χ0) is 22.8. The summed E-state index contributed by atoms with van der Waals surface area (Å²) in [7, 11) is 3.84. The van der Waals surface area contributed by atoms with Crippen molar-refractivity contribution in [2.24, 2.45) is 13.0 Å². The number of piperidine rings is 1. The van der Waals surface area contributed by atoms with Crippen LogP contribution in [0.2, 0.25) is 0 Å². The molecule has 1 aromatic carbocycles. The molecular weight excluding hydrogens is 412 g/mol. The molecule has 0 unspecified atom stereocenters. The third-order valence-electron chi connectivity index (χ3n) is 6.96. The first kappa shape index (κ1) is 21.6. The van der Waals surface area contributed by atoms with Crippen LogP contribution >= 0.6 is 0 Å². The summed E-state index contributed by atoms with van der Waals surface area (Å²) in [6, 6.07) is 10.2. The van der Waals surface area contributed by atoms with Crippen LogP contribution in [0.4, 0.5) is 5.82 Å². The molecule has 3 heterocycles. The second-order valence-corrected chi connectivity index (χ2v) is 9.31. The van der Waals surface area contributed by atoms with Gasteiger partial charge in [0, 0.05) is 62.7 Å². The van der Waals surface area contributed by atoms with Crippen molar-refractivity contribution in [2.75, 3.05) is 31.6 Å². The van der Waals surface area contributed by atoms with E-state index < -0.39 is 0 Å². The van der Waals surface area contributed by atoms with Gasteiger partial charge in [-0.25, -0.2) is 9.97 Å². The number of hydrogen-bond acceptors (Lipinski definition) is 5. The average molecular weight is 445 g/mol. The number of anilines is 1. The van der Waals surface area contributed by atoms with Gasteiger partial charge in [0.05, 0.1) is 6.20 Å². The Hall–Kier alpha value is -3.22. The Morgan fingerprint density at radius 2 is 1.91 bits per heavy atom. The Morgan fingerprint density at radius 3 is 2.64 bits per heavy atom. The van der Waals surface area contributed by atoms with Crippen molar-refractivity contribution in [2.45, 2.75) is 38.5 Å². The lowest BCUT2D eigenvalue weighted by atomic mass is 9.95. The van der Waals surface area contributed by atoms with E-state index in [9.17, 15) is 4.79 Å². The molecule has 33 heavy (non-hydrogen) atoms. The molecule has 0 radical (unpaired) electrons. The average Bonchev–Trinajstić information content (AvgIpc) is 3.50. The zero-order valence-electron chi connectivity index (χ0n) is 19.6. The van der Waals surface area contributed by atoms with Crippen molar-refractivity contribution >= 4 is 11.7 Å². The molecule has 1 fully saturated rings. The van der Waals surface area contributed by atoms with Gasteiger partial charge in [0.25, 0.3) is 0 Å². The normalized spacial score (nSPS) is 16.1. The Bertz CT molecular complexity index is 1120. The number of fused-ring (bicyclic) bond motifs is 1. The summed E-state index contributed by atoms with van der Waals surface area (Å²) in [5.74, 6) is 2.26. The first-order valence-electron chi connectivity index (χ1n) is 12.0. The first-order valence-corrected chi connectivity index (χ1v) is 12.0. The molecule has 0 saturated carbocycles. The highest BCUT2D eigenvalue weighted by molar-refractivity contribution is 5.79. The number of carbonyl (C=O) groups excluding carboxylic acids is 1. The monoisotopic (exact) mass is 444 g/mol. The van der Waals surface area contributed by atoms with E-state index in [-0.39, 0.29) is 11.8 Å². The zero-order valence-corrected chi connectivity index (χ0v) is 19.6. The summed E-state index contributed by atoms with van der Waals surface area (Å²) in [6.45, 7) is 2.46. The molecule has 1 amide bonds. The fourth-order valence-electron chi connectivity index (χ4n) is 5.05. The minimum Gasteiger partial charge on any atom is -0.356 e. The van der Waals surface area contributed by atoms with Gasteiger partial charge in [-0.05, 0) is 44.1 Å². The third kappa shape index (κ3) is 4.63. The molecular formula is C26H32N6O. The highest BCUT2D eigenvalue weighted by Gasteiger charge is 2.30. The van der Waals surface area contributed by atoms with Crippen LogP contribution in [-0.4, -0.2) is 57.2 Å². The maximum absolute atomic E-state index is 13.1. The number of benzene rings is 1. The predicted molar refractivity (Wildman–Crippen MR) is 129 cm³/mol. The molecule has 3 aromatic rings. The number of nitrogens with zero attached hydrogens (tertiary/aromatic N) is 6. The van der Waals surface area contributed by atoms with Crippen LogP contribution in [-0.2, 0) is 31.1 Å². The molecule has 1 saturated heterocycles. The van der Waals surface area contributed by atoms with Gasteiger partial charge in [0.2, 0.25) is 5.91 Å². The van der Waals surface area contributed by atoms with Gasteiger partial charge in [0.15, 0.2) is 5.82 Å². The second-order valence-electron chi connectivity index (χ2n) is 9.31. The SMILES string of the molecule is CN(CCc1cnn(C)c1)C(=O)C1CCN(c2nc(-c3ccccc3)nc3c2CCC3)CC1. The standard InChI is InChI=1S/C26H32N6O/c1-30(14-11-19-17-27-31(2)18-19)26(33)21-12-15-32(16-13-21)25-22-9-6-10-23(22)28-24(29-25)20-7-4-3-5-8-20/h3-5,7-8,17-18,21H,6,9-16H2,1-2H3. The highest BCUT2D eigenvalue weighted by atomic mass is 16.2. The lowest BCUT2D eigenvalue weighted by Crippen LogP contribution is -2.42. The molecule has 1 aliphatic carbocycles. The number of hydrogen-bond donors (Lipinski definition) is 0. The van der Waals surface area contributed by atoms with E-state index in [1.807, 2.05) is 49.6 Å². The maximum Gasteiger partial charge on any atom is 0.225 e. The molecule has 0 bridgehead atoms. The molecule has 7 heteroatoms. The molecule has 172 valence electrons. The summed E-state index contributed by atoms with van der Waals surface area (Å²) in [6.07, 6.45) is 9.69. The minimum absolute atomic E-state index is 0.0867. The summed E-state index contributed by atoms with van der Waals surface area (Å²) in [5, 5.41) is 4.21. The topological polar surface area (TPSA) is 67.2 Å². The van der Waals surface area contributed by atoms with E-state index in [1.165, 1.54) is 16.8 Å². The van der Waals surface area contributed by atoms with Crippen molar-refractivity contribution < 1.29 is 4.79 Å². The number of aryl methyl sites for hydroxylation is 2. The van der Waals surface area contributed by atoms with Crippen LogP contribution < -0.4 is 4.90 Å². The number of amides is 1. The van der Waals surface area contributed by atoms with Crippen LogP contribution in [0, 0.1) is 5.92 Å². The fraction of sp³-hybridized carbons (Fsp3) is 0.462. The first-order chi connectivity index (χ1) is 16.1. The molecule has 7 nitrogen and oxygen atoms in total. The summed E-state index contributed by atoms with van der Waals surface area (Å²) in [4.78, 5) is 27.2. The molecule has 0 spiro atoms. The predicted octanol–water partition coefficient (Wildman–Crippen LogP) is 3.28. The summed E-state index contributed by atoms with van der Waals surface area (Å²) < 4.78 is 1.81. The van der Waals surface area contributed by atoms with E-state index in [0.717, 1.165) is 75.4 Å². The van der Waals surface area contributed by atoms with Crippen molar-refractivity contribution in [1.82, 2.24) is 24.6 Å². The van der Waals surface area contributed by atoms with E-state index >= 15 is 0 Å². The summed E-state index contributed by atoms with van der Waals surface area (Å²) >= 11 is 0. The van der Waals surface area contributed by atoms with E-state index in [0.29, 0.717) is 0 Å². The molecule has 0 atom stereocenters. The largest absolute Gasteiger partial charge is 0.356 e. The Labute approximate surface area is 195 Å². The van der Waals surface area contributed by atoms with E-state index in [4.69, 9.17) is 9.97 Å².